The van der Waals surface area contributed by atoms with Gasteiger partial charge in [-0.15, -0.1) is 11.8 Å². The molecule has 0 amide bonds. The number of hydrogen-bond donors (Lipinski definition) is 0. The van der Waals surface area contributed by atoms with Crippen LogP contribution >= 0.6 is 23.4 Å². The second kappa shape index (κ2) is 6.76. The second-order valence-electron chi connectivity index (χ2n) is 6.43. The molecule has 1 aliphatic rings. The monoisotopic (exact) mass is 347 g/mol. The summed E-state index contributed by atoms with van der Waals surface area (Å²) in [4.78, 5) is 3.42. The smallest absolute Gasteiger partial charge is 0.141 e. The zero-order valence-corrected chi connectivity index (χ0v) is 15.4. The predicted octanol–water partition coefficient (Wildman–Crippen LogP) is 5.80. The molecule has 0 aliphatic carbocycles. The Bertz CT molecular complexity index is 704. The number of thioether (sulfide) groups is 1. The van der Waals surface area contributed by atoms with Crippen molar-refractivity contribution in [2.45, 2.75) is 29.4 Å². The van der Waals surface area contributed by atoms with Crippen molar-refractivity contribution in [2.75, 3.05) is 20.6 Å². The summed E-state index contributed by atoms with van der Waals surface area (Å²) in [6, 6.07) is 14.2. The normalized spacial score (nSPS) is 19.7. The number of rotatable bonds is 4. The molecule has 0 fully saturated rings. The van der Waals surface area contributed by atoms with E-state index in [1.54, 1.807) is 0 Å². The molecule has 1 heterocycles. The van der Waals surface area contributed by atoms with Gasteiger partial charge in [-0.25, -0.2) is 0 Å². The minimum absolute atomic E-state index is 0.0527. The Labute approximate surface area is 147 Å². The quantitative estimate of drug-likeness (QED) is 0.694. The average Bonchev–Trinajstić information content (AvgIpc) is 2.61. The first-order chi connectivity index (χ1) is 11.0. The Morgan fingerprint density at radius 1 is 1.13 bits per heavy atom. The van der Waals surface area contributed by atoms with Gasteiger partial charge in [-0.2, -0.15) is 0 Å². The Kier molecular flexibility index (Phi) is 4.90. The largest absolute Gasteiger partial charge is 0.456 e. The van der Waals surface area contributed by atoms with E-state index in [4.69, 9.17) is 16.3 Å². The van der Waals surface area contributed by atoms with Gasteiger partial charge in [-0.3, -0.25) is 0 Å². The minimum Gasteiger partial charge on any atom is -0.456 e. The SMILES string of the molecule is CN(C)CCCC1(C)Sc2ccccc2Oc2ccc(Cl)cc21. The molecule has 0 radical (unpaired) electrons. The summed E-state index contributed by atoms with van der Waals surface area (Å²) in [5.41, 5.74) is 1.19. The van der Waals surface area contributed by atoms with Gasteiger partial charge in [-0.05, 0) is 70.7 Å². The number of nitrogens with zero attached hydrogens (tertiary/aromatic N) is 1. The van der Waals surface area contributed by atoms with Crippen molar-refractivity contribution >= 4 is 23.4 Å². The molecule has 0 N–H and O–H groups in total. The van der Waals surface area contributed by atoms with Gasteiger partial charge in [0.25, 0.3) is 0 Å². The van der Waals surface area contributed by atoms with Gasteiger partial charge in [0.05, 0.1) is 4.90 Å². The molecule has 2 aromatic rings. The molecule has 2 nitrogen and oxygen atoms in total. The zero-order chi connectivity index (χ0) is 16.4. The predicted molar refractivity (Wildman–Crippen MR) is 99.0 cm³/mol. The van der Waals surface area contributed by atoms with E-state index in [0.717, 1.165) is 35.9 Å². The molecule has 0 saturated carbocycles. The van der Waals surface area contributed by atoms with Gasteiger partial charge in [0, 0.05) is 15.3 Å². The molecule has 3 rings (SSSR count). The van der Waals surface area contributed by atoms with E-state index in [2.05, 4.69) is 44.1 Å². The molecular weight excluding hydrogens is 326 g/mol. The van der Waals surface area contributed by atoms with Gasteiger partial charge in [0.15, 0.2) is 0 Å². The van der Waals surface area contributed by atoms with Gasteiger partial charge in [0.2, 0.25) is 0 Å². The van der Waals surface area contributed by atoms with Crippen molar-refractivity contribution in [3.8, 4) is 11.5 Å². The number of benzene rings is 2. The third-order valence-electron chi connectivity index (χ3n) is 4.17. The van der Waals surface area contributed by atoms with Gasteiger partial charge in [0.1, 0.15) is 11.5 Å². The van der Waals surface area contributed by atoms with Crippen LogP contribution < -0.4 is 4.74 Å². The first-order valence-corrected chi connectivity index (χ1v) is 9.08. The van der Waals surface area contributed by atoms with Crippen LogP contribution in [0.2, 0.25) is 5.02 Å². The van der Waals surface area contributed by atoms with Crippen LogP contribution in [0.25, 0.3) is 0 Å². The molecule has 23 heavy (non-hydrogen) atoms. The number of fused-ring (bicyclic) bond motifs is 2. The fourth-order valence-electron chi connectivity index (χ4n) is 2.96. The Morgan fingerprint density at radius 2 is 1.91 bits per heavy atom. The molecular formula is C19H22ClNOS. The van der Waals surface area contributed by atoms with E-state index in [1.807, 2.05) is 36.0 Å². The van der Waals surface area contributed by atoms with Crippen LogP contribution in [0.1, 0.15) is 25.3 Å². The van der Waals surface area contributed by atoms with E-state index in [0.29, 0.717) is 0 Å². The maximum absolute atomic E-state index is 6.28. The molecule has 2 aromatic carbocycles. The van der Waals surface area contributed by atoms with E-state index in [9.17, 15) is 0 Å². The molecule has 0 saturated heterocycles. The summed E-state index contributed by atoms with van der Waals surface area (Å²) < 4.78 is 6.14. The highest BCUT2D eigenvalue weighted by atomic mass is 35.5. The third-order valence-corrected chi connectivity index (χ3v) is 5.84. The lowest BCUT2D eigenvalue weighted by atomic mass is 9.94. The molecule has 1 unspecified atom stereocenters. The van der Waals surface area contributed by atoms with Gasteiger partial charge >= 0.3 is 0 Å². The highest BCUT2D eigenvalue weighted by Gasteiger charge is 2.34. The first-order valence-electron chi connectivity index (χ1n) is 7.89. The van der Waals surface area contributed by atoms with Crippen LogP contribution in [0.4, 0.5) is 0 Å². The molecule has 0 aromatic heterocycles. The summed E-state index contributed by atoms with van der Waals surface area (Å²) in [6.07, 6.45) is 2.20. The summed E-state index contributed by atoms with van der Waals surface area (Å²) in [5.74, 6) is 1.84. The minimum atomic E-state index is -0.0527. The van der Waals surface area contributed by atoms with Crippen molar-refractivity contribution in [3.63, 3.8) is 0 Å². The van der Waals surface area contributed by atoms with Crippen LogP contribution in [0, 0.1) is 0 Å². The highest BCUT2D eigenvalue weighted by molar-refractivity contribution is 8.00. The molecule has 0 spiro atoms. The zero-order valence-electron chi connectivity index (χ0n) is 13.8. The summed E-state index contributed by atoms with van der Waals surface area (Å²) in [7, 11) is 4.23. The lowest BCUT2D eigenvalue weighted by Gasteiger charge is -2.29. The van der Waals surface area contributed by atoms with Crippen molar-refractivity contribution in [1.29, 1.82) is 0 Å². The average molecular weight is 348 g/mol. The second-order valence-corrected chi connectivity index (χ2v) is 8.41. The van der Waals surface area contributed by atoms with Crippen LogP contribution in [-0.4, -0.2) is 25.5 Å². The topological polar surface area (TPSA) is 12.5 Å². The van der Waals surface area contributed by atoms with Gasteiger partial charge in [-0.1, -0.05) is 23.7 Å². The molecule has 122 valence electrons. The Hall–Kier alpha value is -1.16. The Morgan fingerprint density at radius 3 is 2.70 bits per heavy atom. The maximum atomic E-state index is 6.28. The third kappa shape index (κ3) is 3.68. The molecule has 1 atom stereocenters. The summed E-state index contributed by atoms with van der Waals surface area (Å²) in [6.45, 7) is 3.38. The molecule has 0 bridgehead atoms. The fraction of sp³-hybridized carbons (Fsp3) is 0.368. The van der Waals surface area contributed by atoms with Crippen molar-refractivity contribution in [1.82, 2.24) is 4.90 Å². The Balaban J connectivity index is 2.01. The lowest BCUT2D eigenvalue weighted by molar-refractivity contribution is 0.380. The van der Waals surface area contributed by atoms with Crippen molar-refractivity contribution in [3.05, 3.63) is 53.1 Å². The number of ether oxygens (including phenoxy) is 1. The number of para-hydroxylation sites is 1. The number of hydrogen-bond acceptors (Lipinski definition) is 3. The fourth-order valence-corrected chi connectivity index (χ4v) is 4.49. The first kappa shape index (κ1) is 16.7. The van der Waals surface area contributed by atoms with Crippen LogP contribution in [0.3, 0.4) is 0 Å². The van der Waals surface area contributed by atoms with Crippen molar-refractivity contribution < 1.29 is 4.74 Å². The van der Waals surface area contributed by atoms with E-state index in [-0.39, 0.29) is 4.75 Å². The number of halogens is 1. The van der Waals surface area contributed by atoms with Gasteiger partial charge < -0.3 is 9.64 Å². The summed E-state index contributed by atoms with van der Waals surface area (Å²) in [5, 5.41) is 0.762. The standard InChI is InChI=1S/C19H22ClNOS/c1-19(11-6-12-21(2)3)15-13-14(20)9-10-16(15)22-17-7-4-5-8-18(17)23-19/h4-5,7-10,13H,6,11-12H2,1-3H3. The van der Waals surface area contributed by atoms with Crippen LogP contribution in [-0.2, 0) is 4.75 Å². The van der Waals surface area contributed by atoms with E-state index < -0.39 is 0 Å². The van der Waals surface area contributed by atoms with E-state index >= 15 is 0 Å². The van der Waals surface area contributed by atoms with Crippen LogP contribution in [0.15, 0.2) is 47.4 Å². The summed E-state index contributed by atoms with van der Waals surface area (Å²) >= 11 is 8.16. The molecule has 4 heteroatoms. The van der Waals surface area contributed by atoms with Crippen LogP contribution in [0.5, 0.6) is 11.5 Å². The maximum Gasteiger partial charge on any atom is 0.141 e. The van der Waals surface area contributed by atoms with E-state index in [1.165, 1.54) is 10.5 Å². The van der Waals surface area contributed by atoms with Crippen molar-refractivity contribution in [2.24, 2.45) is 0 Å². The highest BCUT2D eigenvalue weighted by Crippen LogP contribution is 2.54. The lowest BCUT2D eigenvalue weighted by Crippen LogP contribution is -2.21. The molecule has 1 aliphatic heterocycles.